The summed E-state index contributed by atoms with van der Waals surface area (Å²) in [4.78, 5) is 4.29. The molecule has 2 heterocycles. The summed E-state index contributed by atoms with van der Waals surface area (Å²) in [6.07, 6.45) is 2.73. The monoisotopic (exact) mass is 178 g/mol. The first-order valence-electron chi connectivity index (χ1n) is 4.62. The molecule has 2 rings (SSSR count). The summed E-state index contributed by atoms with van der Waals surface area (Å²) in [6.45, 7) is 1.49. The van der Waals surface area contributed by atoms with Gasteiger partial charge in [-0.2, -0.15) is 0 Å². The Labute approximate surface area is 77.9 Å². The second-order valence-corrected chi connectivity index (χ2v) is 3.39. The van der Waals surface area contributed by atoms with Gasteiger partial charge < -0.3 is 10.5 Å². The van der Waals surface area contributed by atoms with E-state index in [0.29, 0.717) is 6.61 Å². The van der Waals surface area contributed by atoms with Crippen molar-refractivity contribution in [2.45, 2.75) is 18.4 Å². The van der Waals surface area contributed by atoms with E-state index in [1.54, 1.807) is 6.20 Å². The average Bonchev–Trinajstić information content (AvgIpc) is 2.20. The van der Waals surface area contributed by atoms with Gasteiger partial charge in [-0.05, 0) is 18.6 Å². The van der Waals surface area contributed by atoms with Crippen LogP contribution in [-0.2, 0) is 4.74 Å². The molecule has 0 aliphatic carbocycles. The summed E-state index contributed by atoms with van der Waals surface area (Å²) in [5, 5.41) is 0. The molecule has 1 aliphatic rings. The third kappa shape index (κ3) is 1.87. The summed E-state index contributed by atoms with van der Waals surface area (Å²) < 4.78 is 5.39. The predicted molar refractivity (Wildman–Crippen MR) is 50.4 cm³/mol. The average molecular weight is 178 g/mol. The normalized spacial score (nSPS) is 28.7. The number of hydrogen-bond donors (Lipinski definition) is 1. The molecular weight excluding hydrogens is 164 g/mol. The number of aromatic nitrogens is 1. The molecule has 2 atom stereocenters. The molecule has 0 bridgehead atoms. The fourth-order valence-corrected chi connectivity index (χ4v) is 1.65. The lowest BCUT2D eigenvalue weighted by Crippen LogP contribution is -2.37. The zero-order valence-electron chi connectivity index (χ0n) is 7.52. The Morgan fingerprint density at radius 2 is 2.38 bits per heavy atom. The third-order valence-corrected chi connectivity index (χ3v) is 2.48. The molecular formula is C10H14N2O. The van der Waals surface area contributed by atoms with E-state index < -0.39 is 0 Å². The fraction of sp³-hybridized carbons (Fsp3) is 0.500. The lowest BCUT2D eigenvalue weighted by atomic mass is 9.93. The molecule has 1 aliphatic heterocycles. The van der Waals surface area contributed by atoms with Crippen LogP contribution in [0.1, 0.15) is 18.0 Å². The highest BCUT2D eigenvalue weighted by Gasteiger charge is 2.24. The lowest BCUT2D eigenvalue weighted by Gasteiger charge is -2.27. The number of rotatable bonds is 1. The van der Waals surface area contributed by atoms with Gasteiger partial charge in [-0.1, -0.05) is 6.07 Å². The highest BCUT2D eigenvalue weighted by Crippen LogP contribution is 2.22. The quantitative estimate of drug-likeness (QED) is 0.695. The van der Waals surface area contributed by atoms with Crippen molar-refractivity contribution in [1.29, 1.82) is 0 Å². The number of ether oxygens (including phenoxy) is 1. The van der Waals surface area contributed by atoms with Crippen LogP contribution < -0.4 is 5.73 Å². The van der Waals surface area contributed by atoms with Gasteiger partial charge in [0.15, 0.2) is 0 Å². The fourth-order valence-electron chi connectivity index (χ4n) is 1.65. The first-order valence-corrected chi connectivity index (χ1v) is 4.62. The van der Waals surface area contributed by atoms with Gasteiger partial charge in [0, 0.05) is 30.5 Å². The van der Waals surface area contributed by atoms with Crippen molar-refractivity contribution in [1.82, 2.24) is 4.98 Å². The summed E-state index contributed by atoms with van der Waals surface area (Å²) in [7, 11) is 0. The maximum Gasteiger partial charge on any atom is 0.0564 e. The van der Waals surface area contributed by atoms with Crippen molar-refractivity contribution >= 4 is 0 Å². The zero-order valence-corrected chi connectivity index (χ0v) is 7.52. The summed E-state index contributed by atoms with van der Waals surface area (Å²) in [6, 6.07) is 6.12. The minimum atomic E-state index is 0.198. The van der Waals surface area contributed by atoms with Crippen LogP contribution in [0.3, 0.4) is 0 Å². The van der Waals surface area contributed by atoms with Crippen LogP contribution in [0.5, 0.6) is 0 Å². The number of hydrogen-bond acceptors (Lipinski definition) is 3. The van der Waals surface area contributed by atoms with Crippen LogP contribution in [0, 0.1) is 0 Å². The van der Waals surface area contributed by atoms with E-state index in [2.05, 4.69) is 4.98 Å². The smallest absolute Gasteiger partial charge is 0.0564 e. The standard InChI is InChI=1S/C10H14N2O/c11-9-4-6-13-7-8(9)10-3-1-2-5-12-10/h1-3,5,8-9H,4,6-7,11H2/t8-,9+/m1/s1. The minimum absolute atomic E-state index is 0.198. The topological polar surface area (TPSA) is 48.1 Å². The Balaban J connectivity index is 2.15. The van der Waals surface area contributed by atoms with Gasteiger partial charge in [-0.25, -0.2) is 0 Å². The van der Waals surface area contributed by atoms with Crippen molar-refractivity contribution < 1.29 is 4.74 Å². The van der Waals surface area contributed by atoms with Crippen LogP contribution in [0.15, 0.2) is 24.4 Å². The van der Waals surface area contributed by atoms with Gasteiger partial charge >= 0.3 is 0 Å². The molecule has 0 radical (unpaired) electrons. The Bertz CT molecular complexity index is 263. The molecule has 70 valence electrons. The number of nitrogens with zero attached hydrogens (tertiary/aromatic N) is 1. The highest BCUT2D eigenvalue weighted by molar-refractivity contribution is 5.12. The van der Waals surface area contributed by atoms with Crippen molar-refractivity contribution in [3.05, 3.63) is 30.1 Å². The molecule has 1 fully saturated rings. The Morgan fingerprint density at radius 1 is 1.46 bits per heavy atom. The Morgan fingerprint density at radius 3 is 3.08 bits per heavy atom. The molecule has 1 aromatic rings. The van der Waals surface area contributed by atoms with Gasteiger partial charge in [0.1, 0.15) is 0 Å². The van der Waals surface area contributed by atoms with E-state index in [1.165, 1.54) is 0 Å². The first-order chi connectivity index (χ1) is 6.38. The minimum Gasteiger partial charge on any atom is -0.381 e. The SMILES string of the molecule is N[C@H]1CCOC[C@H]1c1ccccn1. The first kappa shape index (κ1) is 8.66. The van der Waals surface area contributed by atoms with E-state index in [9.17, 15) is 0 Å². The zero-order chi connectivity index (χ0) is 9.10. The largest absolute Gasteiger partial charge is 0.381 e. The molecule has 1 saturated heterocycles. The summed E-state index contributed by atoms with van der Waals surface area (Å²) >= 11 is 0. The molecule has 3 nitrogen and oxygen atoms in total. The van der Waals surface area contributed by atoms with Crippen molar-refractivity contribution in [2.24, 2.45) is 5.73 Å². The van der Waals surface area contributed by atoms with Gasteiger partial charge in [-0.3, -0.25) is 4.98 Å². The van der Waals surface area contributed by atoms with E-state index in [4.69, 9.17) is 10.5 Å². The van der Waals surface area contributed by atoms with Crippen LogP contribution in [0.25, 0.3) is 0 Å². The molecule has 1 aromatic heterocycles. The van der Waals surface area contributed by atoms with Crippen molar-refractivity contribution in [3.63, 3.8) is 0 Å². The number of pyridine rings is 1. The van der Waals surface area contributed by atoms with Crippen molar-refractivity contribution in [2.75, 3.05) is 13.2 Å². The predicted octanol–water partition coefficient (Wildman–Crippen LogP) is 0.913. The van der Waals surface area contributed by atoms with Gasteiger partial charge in [-0.15, -0.1) is 0 Å². The molecule has 2 N–H and O–H groups in total. The molecule has 0 amide bonds. The molecule has 0 unspecified atom stereocenters. The van der Waals surface area contributed by atoms with Crippen LogP contribution in [0.2, 0.25) is 0 Å². The second kappa shape index (κ2) is 3.85. The van der Waals surface area contributed by atoms with Gasteiger partial charge in [0.25, 0.3) is 0 Å². The van der Waals surface area contributed by atoms with E-state index in [0.717, 1.165) is 18.7 Å². The van der Waals surface area contributed by atoms with Crippen LogP contribution >= 0.6 is 0 Å². The highest BCUT2D eigenvalue weighted by atomic mass is 16.5. The molecule has 0 aromatic carbocycles. The molecule has 0 saturated carbocycles. The molecule has 13 heavy (non-hydrogen) atoms. The number of nitrogens with two attached hydrogens (primary N) is 1. The third-order valence-electron chi connectivity index (χ3n) is 2.48. The van der Waals surface area contributed by atoms with Gasteiger partial charge in [0.2, 0.25) is 0 Å². The van der Waals surface area contributed by atoms with Crippen LogP contribution in [-0.4, -0.2) is 24.2 Å². The van der Waals surface area contributed by atoms with E-state index in [1.807, 2.05) is 18.2 Å². The molecule has 3 heteroatoms. The van der Waals surface area contributed by atoms with Gasteiger partial charge in [0.05, 0.1) is 6.61 Å². The summed E-state index contributed by atoms with van der Waals surface area (Å²) in [5.41, 5.74) is 7.04. The Kier molecular flexibility index (Phi) is 2.57. The summed E-state index contributed by atoms with van der Waals surface area (Å²) in [5.74, 6) is 0.273. The second-order valence-electron chi connectivity index (χ2n) is 3.39. The maximum absolute atomic E-state index is 5.99. The lowest BCUT2D eigenvalue weighted by molar-refractivity contribution is 0.0680. The molecule has 0 spiro atoms. The van der Waals surface area contributed by atoms with Crippen molar-refractivity contribution in [3.8, 4) is 0 Å². The van der Waals surface area contributed by atoms with E-state index >= 15 is 0 Å². The van der Waals surface area contributed by atoms with E-state index in [-0.39, 0.29) is 12.0 Å². The van der Waals surface area contributed by atoms with Crippen LogP contribution in [0.4, 0.5) is 0 Å². The Hall–Kier alpha value is -0.930. The maximum atomic E-state index is 5.99.